The van der Waals surface area contributed by atoms with E-state index in [-0.39, 0.29) is 12.2 Å². The molecule has 1 aromatic heterocycles. The zero-order valence-corrected chi connectivity index (χ0v) is 16.3. The van der Waals surface area contributed by atoms with Gasteiger partial charge in [-0.15, -0.1) is 11.8 Å². The van der Waals surface area contributed by atoms with Crippen LogP contribution in [0.1, 0.15) is 19.8 Å². The Morgan fingerprint density at radius 1 is 1.33 bits per heavy atom. The molecule has 3 rings (SSSR count). The number of carboxylic acids is 2. The van der Waals surface area contributed by atoms with E-state index in [2.05, 4.69) is 15.2 Å². The summed E-state index contributed by atoms with van der Waals surface area (Å²) < 4.78 is -1.20. The third-order valence-corrected chi connectivity index (χ3v) is 8.74. The highest BCUT2D eigenvalue weighted by Gasteiger charge is 2.92. The van der Waals surface area contributed by atoms with E-state index in [9.17, 15) is 24.6 Å². The summed E-state index contributed by atoms with van der Waals surface area (Å²) in [4.78, 5) is 41.2. The molecule has 2 fully saturated rings. The van der Waals surface area contributed by atoms with E-state index in [0.29, 0.717) is 11.6 Å². The molecule has 2 aliphatic rings. The number of rotatable bonds is 8. The number of carbonyl (C=O) groups excluding carboxylic acids is 1. The first-order chi connectivity index (χ1) is 12.6. The number of thioether (sulfide) groups is 2. The molecule has 0 aromatic carbocycles. The maximum atomic E-state index is 13.0. The molecule has 2 aliphatic carbocycles. The molecular formula is C15H21N5O5S2. The van der Waals surface area contributed by atoms with Crippen molar-refractivity contribution >= 4 is 41.2 Å². The van der Waals surface area contributed by atoms with Gasteiger partial charge < -0.3 is 21.7 Å². The van der Waals surface area contributed by atoms with Crippen LogP contribution in [0.4, 0.5) is 0 Å². The van der Waals surface area contributed by atoms with Crippen molar-refractivity contribution in [3.63, 3.8) is 0 Å². The highest BCUT2D eigenvalue weighted by atomic mass is 32.2. The lowest BCUT2D eigenvalue weighted by molar-refractivity contribution is -0.151. The Balaban J connectivity index is 2.22. The van der Waals surface area contributed by atoms with Crippen molar-refractivity contribution in [3.8, 4) is 0 Å². The molecule has 12 heteroatoms. The number of aromatic nitrogens is 3. The normalized spacial score (nSPS) is 39.8. The van der Waals surface area contributed by atoms with Gasteiger partial charge in [-0.05, 0) is 12.7 Å². The molecule has 27 heavy (non-hydrogen) atoms. The van der Waals surface area contributed by atoms with Crippen LogP contribution in [0.25, 0.3) is 0 Å². The van der Waals surface area contributed by atoms with Crippen molar-refractivity contribution in [2.75, 3.05) is 6.26 Å². The van der Waals surface area contributed by atoms with E-state index < -0.39 is 44.8 Å². The number of nitrogens with zero attached hydrogens (tertiary/aromatic N) is 2. The summed E-state index contributed by atoms with van der Waals surface area (Å²) in [6.45, 7) is 1.80. The Labute approximate surface area is 163 Å². The van der Waals surface area contributed by atoms with Gasteiger partial charge in [0.05, 0.1) is 21.5 Å². The fraction of sp³-hybridized carbons (Fsp3) is 0.667. The molecule has 148 valence electrons. The van der Waals surface area contributed by atoms with Crippen molar-refractivity contribution in [2.24, 2.45) is 29.2 Å². The zero-order valence-electron chi connectivity index (χ0n) is 14.7. The molecule has 2 saturated carbocycles. The summed E-state index contributed by atoms with van der Waals surface area (Å²) in [6, 6.07) is 0. The van der Waals surface area contributed by atoms with E-state index in [1.54, 1.807) is 13.2 Å². The number of hydrogen-bond donors (Lipinski definition) is 5. The molecule has 1 aromatic rings. The fourth-order valence-electron chi connectivity index (χ4n) is 4.56. The van der Waals surface area contributed by atoms with Crippen molar-refractivity contribution in [3.05, 3.63) is 6.33 Å². The van der Waals surface area contributed by atoms with Crippen LogP contribution >= 0.6 is 23.5 Å². The SMILES string of the molecule is CCCC(=O)C1C(SC)(Sc2ncn[nH]2)C2C(C(=O)O)C2(N)C1(N)C(=O)O. The number of aromatic amines is 1. The van der Waals surface area contributed by atoms with Crippen LogP contribution in [0.5, 0.6) is 0 Å². The van der Waals surface area contributed by atoms with Gasteiger partial charge in [0.1, 0.15) is 17.6 Å². The lowest BCUT2D eigenvalue weighted by Gasteiger charge is -2.41. The monoisotopic (exact) mass is 415 g/mol. The van der Waals surface area contributed by atoms with Crippen LogP contribution < -0.4 is 11.5 Å². The number of hydrogen-bond acceptors (Lipinski definition) is 9. The van der Waals surface area contributed by atoms with Gasteiger partial charge >= 0.3 is 11.9 Å². The minimum atomic E-state index is -2.21. The lowest BCUT2D eigenvalue weighted by atomic mass is 9.75. The Morgan fingerprint density at radius 2 is 2.00 bits per heavy atom. The average molecular weight is 415 g/mol. The van der Waals surface area contributed by atoms with Crippen LogP contribution in [0.15, 0.2) is 11.5 Å². The highest BCUT2D eigenvalue weighted by Crippen LogP contribution is 2.76. The van der Waals surface area contributed by atoms with Gasteiger partial charge in [0.25, 0.3) is 0 Å². The minimum absolute atomic E-state index is 0.122. The van der Waals surface area contributed by atoms with Crippen LogP contribution in [-0.4, -0.2) is 64.5 Å². The molecule has 1 heterocycles. The van der Waals surface area contributed by atoms with Gasteiger partial charge in [0.15, 0.2) is 5.16 Å². The smallest absolute Gasteiger partial charge is 0.326 e. The largest absolute Gasteiger partial charge is 0.481 e. The number of ketones is 1. The van der Waals surface area contributed by atoms with Gasteiger partial charge in [-0.1, -0.05) is 18.7 Å². The first-order valence-corrected chi connectivity index (χ1v) is 10.3. The van der Waals surface area contributed by atoms with Crippen molar-refractivity contribution in [1.82, 2.24) is 15.2 Å². The van der Waals surface area contributed by atoms with Crippen LogP contribution in [0.2, 0.25) is 0 Å². The topological polar surface area (TPSA) is 185 Å². The highest BCUT2D eigenvalue weighted by molar-refractivity contribution is 8.18. The summed E-state index contributed by atoms with van der Waals surface area (Å²) in [7, 11) is 0. The second-order valence-corrected chi connectivity index (χ2v) is 9.48. The molecule has 0 radical (unpaired) electrons. The zero-order chi connectivity index (χ0) is 20.2. The number of carboxylic acid groups (broad SMARTS) is 2. The van der Waals surface area contributed by atoms with Crippen LogP contribution in [-0.2, 0) is 14.4 Å². The van der Waals surface area contributed by atoms with Crippen LogP contribution in [0.3, 0.4) is 0 Å². The molecule has 0 aliphatic heterocycles. The van der Waals surface area contributed by atoms with Gasteiger partial charge in [0.2, 0.25) is 0 Å². The maximum absolute atomic E-state index is 13.0. The molecule has 0 spiro atoms. The van der Waals surface area contributed by atoms with Gasteiger partial charge in [-0.2, -0.15) is 5.10 Å². The molecule has 7 N–H and O–H groups in total. The van der Waals surface area contributed by atoms with E-state index in [1.807, 2.05) is 0 Å². The predicted molar refractivity (Wildman–Crippen MR) is 98.0 cm³/mol. The first-order valence-electron chi connectivity index (χ1n) is 8.29. The average Bonchev–Trinajstić information content (AvgIpc) is 2.90. The van der Waals surface area contributed by atoms with Gasteiger partial charge in [-0.3, -0.25) is 19.5 Å². The second kappa shape index (κ2) is 6.47. The third-order valence-electron chi connectivity index (χ3n) is 5.67. The number of fused-ring (bicyclic) bond motifs is 1. The first kappa shape index (κ1) is 20.1. The summed E-state index contributed by atoms with van der Waals surface area (Å²) in [5.41, 5.74) is 8.75. The molecular weight excluding hydrogens is 394 g/mol. The Morgan fingerprint density at radius 3 is 2.44 bits per heavy atom. The lowest BCUT2D eigenvalue weighted by Crippen LogP contribution is -2.69. The van der Waals surface area contributed by atoms with Crippen molar-refractivity contribution < 1.29 is 24.6 Å². The molecule has 0 saturated heterocycles. The fourth-order valence-corrected chi connectivity index (χ4v) is 7.66. The van der Waals surface area contributed by atoms with Crippen molar-refractivity contribution in [1.29, 1.82) is 0 Å². The molecule has 0 amide bonds. The number of carbonyl (C=O) groups is 3. The van der Waals surface area contributed by atoms with Crippen molar-refractivity contribution in [2.45, 2.75) is 40.1 Å². The predicted octanol–water partition coefficient (Wildman–Crippen LogP) is -0.235. The quantitative estimate of drug-likeness (QED) is 0.353. The summed E-state index contributed by atoms with van der Waals surface area (Å²) in [5, 5.41) is 26.4. The Bertz CT molecular complexity index is 792. The molecule has 10 nitrogen and oxygen atoms in total. The maximum Gasteiger partial charge on any atom is 0.326 e. The van der Waals surface area contributed by atoms with E-state index in [0.717, 1.165) is 11.8 Å². The minimum Gasteiger partial charge on any atom is -0.481 e. The van der Waals surface area contributed by atoms with Gasteiger partial charge in [0, 0.05) is 12.3 Å². The molecule has 6 atom stereocenters. The Hall–Kier alpha value is -1.63. The number of nitrogens with one attached hydrogen (secondary N) is 1. The Kier molecular flexibility index (Phi) is 4.82. The van der Waals surface area contributed by atoms with E-state index in [4.69, 9.17) is 11.5 Å². The number of Topliss-reactive ketones (excluding diaryl/α,β-unsaturated/α-hetero) is 1. The number of nitrogens with two attached hydrogens (primary N) is 2. The second-order valence-electron chi connectivity index (χ2n) is 6.87. The van der Waals surface area contributed by atoms with E-state index >= 15 is 0 Å². The summed E-state index contributed by atoms with van der Waals surface area (Å²) in [6.07, 6.45) is 3.60. The number of H-pyrrole nitrogens is 1. The van der Waals surface area contributed by atoms with Crippen LogP contribution in [0, 0.1) is 17.8 Å². The molecule has 0 bridgehead atoms. The van der Waals surface area contributed by atoms with Gasteiger partial charge in [-0.25, -0.2) is 4.98 Å². The summed E-state index contributed by atoms with van der Waals surface area (Å²) in [5.74, 6) is -6.21. The summed E-state index contributed by atoms with van der Waals surface area (Å²) >= 11 is 2.28. The molecule has 6 unspecified atom stereocenters. The number of aliphatic carboxylic acids is 2. The third kappa shape index (κ3) is 2.39. The van der Waals surface area contributed by atoms with E-state index in [1.165, 1.54) is 18.1 Å². The standard InChI is InChI=1S/C15H21N5O5S2/c1-3-4-6(21)8-14(17,11(24)25)13(16)7(10(22)23)9(13)15(8,26-2)27-12-18-5-19-20-12/h5,7-9H,3-4,16-17H2,1-2H3,(H,22,23)(H,24,25)(H,18,19,20).